The Labute approximate surface area is 123 Å². The highest BCUT2D eigenvalue weighted by Gasteiger charge is 2.13. The van der Waals surface area contributed by atoms with Gasteiger partial charge in [0.05, 0.1) is 4.90 Å². The van der Waals surface area contributed by atoms with Crippen LogP contribution < -0.4 is 4.74 Å². The number of halogens is 1. The van der Waals surface area contributed by atoms with Crippen LogP contribution in [0.2, 0.25) is 0 Å². The second kappa shape index (κ2) is 5.85. The van der Waals surface area contributed by atoms with Gasteiger partial charge in [-0.15, -0.1) is 0 Å². The van der Waals surface area contributed by atoms with E-state index >= 15 is 0 Å². The summed E-state index contributed by atoms with van der Waals surface area (Å²) < 4.78 is 28.3. The van der Waals surface area contributed by atoms with Gasteiger partial charge in [-0.05, 0) is 54.8 Å². The second-order valence-corrected chi connectivity index (χ2v) is 7.00. The third-order valence-electron chi connectivity index (χ3n) is 2.98. The Morgan fingerprint density at radius 1 is 1.05 bits per heavy atom. The predicted molar refractivity (Wildman–Crippen MR) is 80.1 cm³/mol. The Bertz CT molecular complexity index is 706. The number of hydrogen-bond acceptors (Lipinski definition) is 3. The van der Waals surface area contributed by atoms with Crippen LogP contribution in [0.1, 0.15) is 18.1 Å². The average Bonchev–Trinajstić information content (AvgIpc) is 2.38. The molecule has 0 bridgehead atoms. The zero-order valence-corrected chi connectivity index (χ0v) is 12.8. The summed E-state index contributed by atoms with van der Waals surface area (Å²) >= 11 is 0. The Kier molecular flexibility index (Phi) is 4.35. The molecule has 0 unspecified atom stereocenters. The normalized spacial score (nSPS) is 11.3. The van der Waals surface area contributed by atoms with E-state index in [4.69, 9.17) is 15.4 Å². The van der Waals surface area contributed by atoms with Gasteiger partial charge in [0.2, 0.25) is 0 Å². The van der Waals surface area contributed by atoms with Crippen LogP contribution in [0, 0.1) is 6.92 Å². The summed E-state index contributed by atoms with van der Waals surface area (Å²) in [5, 5.41) is 0. The fraction of sp³-hybridized carbons (Fsp3) is 0.200. The van der Waals surface area contributed by atoms with Crippen LogP contribution in [0.15, 0.2) is 47.4 Å². The molecule has 2 rings (SSSR count). The lowest BCUT2D eigenvalue weighted by molar-refractivity contribution is 0.481. The summed E-state index contributed by atoms with van der Waals surface area (Å²) in [6.07, 6.45) is 0.974. The molecule has 3 nitrogen and oxygen atoms in total. The largest absolute Gasteiger partial charge is 0.457 e. The first-order valence-electron chi connectivity index (χ1n) is 6.22. The molecule has 0 aromatic heterocycles. The lowest BCUT2D eigenvalue weighted by Crippen LogP contribution is -1.95. The highest BCUT2D eigenvalue weighted by molar-refractivity contribution is 8.13. The van der Waals surface area contributed by atoms with E-state index in [9.17, 15) is 8.42 Å². The van der Waals surface area contributed by atoms with Crippen molar-refractivity contribution in [1.29, 1.82) is 0 Å². The minimum atomic E-state index is -3.72. The van der Waals surface area contributed by atoms with Crippen LogP contribution >= 0.6 is 10.7 Å². The van der Waals surface area contributed by atoms with Crippen molar-refractivity contribution in [2.75, 3.05) is 0 Å². The van der Waals surface area contributed by atoms with Crippen molar-refractivity contribution in [3.8, 4) is 11.5 Å². The third-order valence-corrected chi connectivity index (χ3v) is 4.46. The summed E-state index contributed by atoms with van der Waals surface area (Å²) in [6, 6.07) is 12.5. The summed E-state index contributed by atoms with van der Waals surface area (Å²) in [5.74, 6) is 1.29. The zero-order valence-electron chi connectivity index (χ0n) is 11.3. The molecule has 0 aliphatic carbocycles. The maximum Gasteiger partial charge on any atom is 0.261 e. The monoisotopic (exact) mass is 310 g/mol. The first kappa shape index (κ1) is 14.9. The zero-order chi connectivity index (χ0) is 14.8. The molecule has 2 aromatic carbocycles. The van der Waals surface area contributed by atoms with E-state index in [0.29, 0.717) is 17.1 Å². The van der Waals surface area contributed by atoms with Crippen LogP contribution in [0.3, 0.4) is 0 Å². The van der Waals surface area contributed by atoms with Crippen molar-refractivity contribution >= 4 is 19.7 Å². The molecule has 20 heavy (non-hydrogen) atoms. The van der Waals surface area contributed by atoms with Gasteiger partial charge < -0.3 is 4.74 Å². The van der Waals surface area contributed by atoms with Gasteiger partial charge in [0, 0.05) is 10.7 Å². The molecule has 5 heteroatoms. The van der Waals surface area contributed by atoms with E-state index in [1.54, 1.807) is 19.1 Å². The first-order chi connectivity index (χ1) is 9.40. The molecule has 2 aromatic rings. The fourth-order valence-corrected chi connectivity index (χ4v) is 3.08. The Balaban J connectivity index is 2.24. The maximum absolute atomic E-state index is 11.3. The van der Waals surface area contributed by atoms with Crippen molar-refractivity contribution in [2.24, 2.45) is 0 Å². The quantitative estimate of drug-likeness (QED) is 0.792. The molecule has 0 fully saturated rings. The van der Waals surface area contributed by atoms with E-state index in [1.807, 2.05) is 24.3 Å². The minimum Gasteiger partial charge on any atom is -0.457 e. The van der Waals surface area contributed by atoms with Crippen molar-refractivity contribution < 1.29 is 13.2 Å². The van der Waals surface area contributed by atoms with Crippen molar-refractivity contribution in [3.05, 3.63) is 53.6 Å². The fourth-order valence-electron chi connectivity index (χ4n) is 1.89. The maximum atomic E-state index is 11.3. The van der Waals surface area contributed by atoms with Gasteiger partial charge in [0.25, 0.3) is 9.05 Å². The smallest absolute Gasteiger partial charge is 0.261 e. The molecule has 106 valence electrons. The summed E-state index contributed by atoms with van der Waals surface area (Å²) in [6.45, 7) is 3.77. The Morgan fingerprint density at radius 3 is 2.15 bits per heavy atom. The lowest BCUT2D eigenvalue weighted by atomic mass is 10.2. The minimum absolute atomic E-state index is 0.104. The van der Waals surface area contributed by atoms with E-state index in [1.165, 1.54) is 11.6 Å². The SMILES string of the molecule is CCc1ccc(Oc2ccc(S(=O)(=O)Cl)c(C)c2)cc1. The van der Waals surface area contributed by atoms with Crippen LogP contribution in [0.25, 0.3) is 0 Å². The Hall–Kier alpha value is -1.52. The molecule has 0 N–H and O–H groups in total. The summed E-state index contributed by atoms with van der Waals surface area (Å²) in [4.78, 5) is 0.104. The molecule has 0 saturated heterocycles. The van der Waals surface area contributed by atoms with Crippen molar-refractivity contribution in [2.45, 2.75) is 25.2 Å². The lowest BCUT2D eigenvalue weighted by Gasteiger charge is -2.09. The van der Waals surface area contributed by atoms with E-state index < -0.39 is 9.05 Å². The van der Waals surface area contributed by atoms with Crippen LogP contribution in [-0.4, -0.2) is 8.42 Å². The standard InChI is InChI=1S/C15H15ClO3S/c1-3-12-4-6-13(7-5-12)19-14-8-9-15(11(2)10-14)20(16,17)18/h4-10H,3H2,1-2H3. The highest BCUT2D eigenvalue weighted by atomic mass is 35.7. The van der Waals surface area contributed by atoms with Crippen molar-refractivity contribution in [1.82, 2.24) is 0 Å². The van der Waals surface area contributed by atoms with Gasteiger partial charge in [-0.3, -0.25) is 0 Å². The van der Waals surface area contributed by atoms with Gasteiger partial charge in [0.1, 0.15) is 11.5 Å². The van der Waals surface area contributed by atoms with Crippen LogP contribution in [-0.2, 0) is 15.5 Å². The molecule has 0 amide bonds. The number of ether oxygens (including phenoxy) is 1. The average molecular weight is 311 g/mol. The van der Waals surface area contributed by atoms with Crippen molar-refractivity contribution in [3.63, 3.8) is 0 Å². The number of aryl methyl sites for hydroxylation is 2. The first-order valence-corrected chi connectivity index (χ1v) is 8.53. The third kappa shape index (κ3) is 3.52. The predicted octanol–water partition coefficient (Wildman–Crippen LogP) is 4.28. The Morgan fingerprint density at radius 2 is 1.65 bits per heavy atom. The molecular weight excluding hydrogens is 296 g/mol. The summed E-state index contributed by atoms with van der Waals surface area (Å²) in [5.41, 5.74) is 1.79. The number of hydrogen-bond donors (Lipinski definition) is 0. The van der Waals surface area contributed by atoms with Gasteiger partial charge in [-0.25, -0.2) is 8.42 Å². The molecular formula is C15H15ClO3S. The van der Waals surface area contributed by atoms with Crippen LogP contribution in [0.4, 0.5) is 0 Å². The number of rotatable bonds is 4. The molecule has 0 radical (unpaired) electrons. The molecule has 0 spiro atoms. The van der Waals surface area contributed by atoms with E-state index in [0.717, 1.165) is 6.42 Å². The van der Waals surface area contributed by atoms with E-state index in [2.05, 4.69) is 6.92 Å². The van der Waals surface area contributed by atoms with Gasteiger partial charge in [-0.1, -0.05) is 19.1 Å². The van der Waals surface area contributed by atoms with Gasteiger partial charge >= 0.3 is 0 Å². The molecule has 0 saturated carbocycles. The topological polar surface area (TPSA) is 43.4 Å². The highest BCUT2D eigenvalue weighted by Crippen LogP contribution is 2.27. The molecule has 0 aliphatic rings. The second-order valence-electron chi connectivity index (χ2n) is 4.46. The molecule has 0 atom stereocenters. The summed E-state index contributed by atoms with van der Waals surface area (Å²) in [7, 11) is 1.63. The van der Waals surface area contributed by atoms with Gasteiger partial charge in [0.15, 0.2) is 0 Å². The molecule has 0 aliphatic heterocycles. The van der Waals surface area contributed by atoms with Crippen LogP contribution in [0.5, 0.6) is 11.5 Å². The molecule has 0 heterocycles. The number of benzene rings is 2. The van der Waals surface area contributed by atoms with E-state index in [-0.39, 0.29) is 4.90 Å². The van der Waals surface area contributed by atoms with Gasteiger partial charge in [-0.2, -0.15) is 0 Å².